The van der Waals surface area contributed by atoms with E-state index in [0.717, 1.165) is 24.0 Å². The molecule has 0 amide bonds. The SMILES string of the molecule is O=C1CCC[C@H]2[C@H]3Cc4c(O)cccc4[C@@]12CC[NH+]3[O-]. The maximum Gasteiger partial charge on any atom is 0.144 e. The van der Waals surface area contributed by atoms with Gasteiger partial charge in [0.05, 0.1) is 18.0 Å². The number of ketones is 1. The summed E-state index contributed by atoms with van der Waals surface area (Å²) < 4.78 is 0. The second kappa shape index (κ2) is 4.06. The molecule has 20 heavy (non-hydrogen) atoms. The van der Waals surface area contributed by atoms with Crippen LogP contribution in [-0.2, 0) is 16.6 Å². The minimum atomic E-state index is -0.483. The number of rotatable bonds is 0. The molecular weight excluding hydrogens is 254 g/mol. The lowest BCUT2D eigenvalue weighted by Crippen LogP contribution is -3.15. The molecule has 2 aliphatic carbocycles. The van der Waals surface area contributed by atoms with Crippen molar-refractivity contribution in [1.29, 1.82) is 0 Å². The number of fused-ring (bicyclic) bond motifs is 1. The number of phenolic OH excluding ortho intramolecular Hbond substituents is 1. The van der Waals surface area contributed by atoms with Crippen LogP contribution in [0.25, 0.3) is 0 Å². The minimum Gasteiger partial charge on any atom is -0.634 e. The number of aromatic hydroxyl groups is 1. The summed E-state index contributed by atoms with van der Waals surface area (Å²) in [6, 6.07) is 5.44. The molecule has 1 saturated carbocycles. The fourth-order valence-corrected chi connectivity index (χ4v) is 4.93. The number of hydroxylamine groups is 2. The quantitative estimate of drug-likeness (QED) is 0.684. The Morgan fingerprint density at radius 2 is 2.25 bits per heavy atom. The zero-order chi connectivity index (χ0) is 13.9. The molecule has 4 rings (SSSR count). The minimum absolute atomic E-state index is 0.0613. The average Bonchev–Trinajstić information content (AvgIpc) is 2.44. The number of Topliss-reactive ketones (excluding diaryl/α,β-unsaturated/α-hetero) is 1. The van der Waals surface area contributed by atoms with Crippen molar-refractivity contribution < 1.29 is 15.0 Å². The number of carbonyl (C=O) groups excluding carboxylic acids is 1. The van der Waals surface area contributed by atoms with Gasteiger partial charge in [0, 0.05) is 30.7 Å². The zero-order valence-electron chi connectivity index (χ0n) is 11.4. The molecule has 2 fully saturated rings. The van der Waals surface area contributed by atoms with Gasteiger partial charge in [0.2, 0.25) is 0 Å². The lowest BCUT2D eigenvalue weighted by atomic mass is 9.52. The van der Waals surface area contributed by atoms with Crippen LogP contribution in [0.3, 0.4) is 0 Å². The normalized spacial score (nSPS) is 39.0. The fraction of sp³-hybridized carbons (Fsp3) is 0.562. The van der Waals surface area contributed by atoms with Crippen molar-refractivity contribution >= 4 is 5.78 Å². The zero-order valence-corrected chi connectivity index (χ0v) is 11.4. The van der Waals surface area contributed by atoms with Gasteiger partial charge in [0.25, 0.3) is 0 Å². The van der Waals surface area contributed by atoms with Crippen molar-refractivity contribution in [2.75, 3.05) is 6.54 Å². The van der Waals surface area contributed by atoms with Crippen LogP contribution < -0.4 is 5.06 Å². The van der Waals surface area contributed by atoms with Gasteiger partial charge >= 0.3 is 0 Å². The van der Waals surface area contributed by atoms with Crippen LogP contribution in [-0.4, -0.2) is 23.5 Å². The third kappa shape index (κ3) is 1.36. The van der Waals surface area contributed by atoms with Gasteiger partial charge < -0.3 is 15.4 Å². The number of carbonyl (C=O) groups is 1. The molecule has 3 aliphatic rings. The van der Waals surface area contributed by atoms with Crippen molar-refractivity contribution in [3.05, 3.63) is 34.5 Å². The smallest absolute Gasteiger partial charge is 0.144 e. The standard InChI is InChI=1S/C16H19NO3/c18-14-5-1-3-11-10(14)9-13-12-4-2-6-15(19)16(11,12)7-8-17(13)20/h1,3,5,12-13,17-18H,2,4,6-9H2/t12-,13+,16+/m0/s1. The van der Waals surface area contributed by atoms with E-state index in [2.05, 4.69) is 0 Å². The highest BCUT2D eigenvalue weighted by molar-refractivity contribution is 5.92. The molecule has 0 spiro atoms. The summed E-state index contributed by atoms with van der Waals surface area (Å²) in [6.45, 7) is 0.516. The molecular formula is C16H19NO3. The lowest BCUT2D eigenvalue weighted by molar-refractivity contribution is -0.888. The Kier molecular flexibility index (Phi) is 2.51. The molecule has 1 aromatic rings. The number of hydrogen-bond donors (Lipinski definition) is 2. The van der Waals surface area contributed by atoms with E-state index in [1.807, 2.05) is 12.1 Å². The van der Waals surface area contributed by atoms with E-state index in [4.69, 9.17) is 0 Å². The first-order valence-electron chi connectivity index (χ1n) is 7.52. The Morgan fingerprint density at radius 3 is 3.10 bits per heavy atom. The van der Waals surface area contributed by atoms with E-state index in [-0.39, 0.29) is 28.6 Å². The van der Waals surface area contributed by atoms with Gasteiger partial charge in [-0.25, -0.2) is 0 Å². The van der Waals surface area contributed by atoms with Crippen LogP contribution in [0.2, 0.25) is 0 Å². The molecule has 1 aliphatic heterocycles. The summed E-state index contributed by atoms with van der Waals surface area (Å²) in [4.78, 5) is 12.7. The summed E-state index contributed by atoms with van der Waals surface area (Å²) in [5.74, 6) is 0.704. The summed E-state index contributed by atoms with van der Waals surface area (Å²) in [7, 11) is 0. The number of piperidine rings is 1. The van der Waals surface area contributed by atoms with E-state index in [1.165, 1.54) is 0 Å². The van der Waals surface area contributed by atoms with E-state index in [1.54, 1.807) is 6.07 Å². The molecule has 4 atom stereocenters. The van der Waals surface area contributed by atoms with Crippen molar-refractivity contribution in [1.82, 2.24) is 0 Å². The van der Waals surface area contributed by atoms with Gasteiger partial charge in [-0.3, -0.25) is 4.79 Å². The highest BCUT2D eigenvalue weighted by atomic mass is 16.5. The number of nitrogens with one attached hydrogen (secondary N) is 1. The predicted octanol–water partition coefficient (Wildman–Crippen LogP) is 0.710. The van der Waals surface area contributed by atoms with Gasteiger partial charge in [0.15, 0.2) is 0 Å². The van der Waals surface area contributed by atoms with Crippen molar-refractivity contribution in [2.24, 2.45) is 5.92 Å². The maximum absolute atomic E-state index is 12.7. The van der Waals surface area contributed by atoms with Crippen LogP contribution in [0.4, 0.5) is 0 Å². The Labute approximate surface area is 118 Å². The van der Waals surface area contributed by atoms with Crippen LogP contribution in [0, 0.1) is 11.1 Å². The molecule has 2 bridgehead atoms. The Morgan fingerprint density at radius 1 is 1.40 bits per heavy atom. The van der Waals surface area contributed by atoms with Crippen LogP contribution >= 0.6 is 0 Å². The summed E-state index contributed by atoms with van der Waals surface area (Å²) in [5.41, 5.74) is 1.37. The number of quaternary nitrogens is 1. The van der Waals surface area contributed by atoms with Crippen LogP contribution in [0.1, 0.15) is 36.8 Å². The average molecular weight is 273 g/mol. The highest BCUT2D eigenvalue weighted by Gasteiger charge is 2.59. The van der Waals surface area contributed by atoms with Crippen molar-refractivity contribution in [3.63, 3.8) is 0 Å². The van der Waals surface area contributed by atoms with Gasteiger partial charge in [-0.1, -0.05) is 12.1 Å². The molecule has 4 heteroatoms. The topological polar surface area (TPSA) is 64.8 Å². The second-order valence-electron chi connectivity index (χ2n) is 6.47. The highest BCUT2D eigenvalue weighted by Crippen LogP contribution is 2.52. The van der Waals surface area contributed by atoms with E-state index < -0.39 is 5.41 Å². The Balaban J connectivity index is 1.98. The largest absolute Gasteiger partial charge is 0.634 e. The monoisotopic (exact) mass is 273 g/mol. The van der Waals surface area contributed by atoms with Crippen molar-refractivity contribution in [2.45, 2.75) is 43.6 Å². The molecule has 1 heterocycles. The first kappa shape index (κ1) is 12.4. The molecule has 1 aromatic carbocycles. The van der Waals surface area contributed by atoms with Crippen LogP contribution in [0.5, 0.6) is 5.75 Å². The molecule has 1 saturated heterocycles. The van der Waals surface area contributed by atoms with Gasteiger partial charge in [-0.05, 0) is 24.5 Å². The third-order valence-electron chi connectivity index (χ3n) is 5.77. The fourth-order valence-electron chi connectivity index (χ4n) is 4.93. The number of phenols is 1. The molecule has 0 aromatic heterocycles. The number of benzene rings is 1. The van der Waals surface area contributed by atoms with Crippen LogP contribution in [0.15, 0.2) is 18.2 Å². The molecule has 2 N–H and O–H groups in total. The summed E-state index contributed by atoms with van der Waals surface area (Å²) in [6.07, 6.45) is 3.75. The van der Waals surface area contributed by atoms with E-state index in [9.17, 15) is 15.1 Å². The van der Waals surface area contributed by atoms with Gasteiger partial charge in [-0.2, -0.15) is 0 Å². The first-order chi connectivity index (χ1) is 9.64. The third-order valence-corrected chi connectivity index (χ3v) is 5.77. The lowest BCUT2D eigenvalue weighted by Gasteiger charge is -2.56. The Bertz CT molecular complexity index is 585. The van der Waals surface area contributed by atoms with E-state index in [0.29, 0.717) is 25.8 Å². The molecule has 1 unspecified atom stereocenters. The second-order valence-corrected chi connectivity index (χ2v) is 6.47. The molecule has 4 nitrogen and oxygen atoms in total. The Hall–Kier alpha value is -1.39. The maximum atomic E-state index is 12.7. The van der Waals surface area contributed by atoms with Gasteiger partial charge in [-0.15, -0.1) is 0 Å². The van der Waals surface area contributed by atoms with Crippen molar-refractivity contribution in [3.8, 4) is 5.75 Å². The van der Waals surface area contributed by atoms with E-state index >= 15 is 0 Å². The predicted molar refractivity (Wildman–Crippen MR) is 73.4 cm³/mol. The molecule has 0 radical (unpaired) electrons. The summed E-state index contributed by atoms with van der Waals surface area (Å²) >= 11 is 0. The number of hydrogen-bond acceptors (Lipinski definition) is 3. The van der Waals surface area contributed by atoms with Gasteiger partial charge in [0.1, 0.15) is 11.5 Å². The summed E-state index contributed by atoms with van der Waals surface area (Å²) in [5, 5.41) is 22.7. The molecule has 106 valence electrons. The first-order valence-corrected chi connectivity index (χ1v) is 7.52.